The van der Waals surface area contributed by atoms with Crippen LogP contribution in [-0.4, -0.2) is 62.7 Å². The van der Waals surface area contributed by atoms with E-state index in [0.29, 0.717) is 12.1 Å². The van der Waals surface area contributed by atoms with Gasteiger partial charge < -0.3 is 15.1 Å². The Hall–Kier alpha value is -0.970. The molecule has 1 N–H and O–H groups in total. The standard InChI is InChI=1S/C17H28FN3/c1-13-10-15(18)7-6-14(13)11-16(19-2)17-12-20(3)8-5-9-21(17)4/h6-7,10,16-17,19H,5,8-9,11-12H2,1-4H3. The molecule has 21 heavy (non-hydrogen) atoms. The van der Waals surface area contributed by atoms with Crippen LogP contribution >= 0.6 is 0 Å². The molecule has 1 heterocycles. The van der Waals surface area contributed by atoms with Gasteiger partial charge in [0.25, 0.3) is 0 Å². The molecule has 0 saturated carbocycles. The van der Waals surface area contributed by atoms with Gasteiger partial charge in [-0.15, -0.1) is 0 Å². The lowest BCUT2D eigenvalue weighted by Gasteiger charge is -2.34. The molecule has 1 aromatic carbocycles. The van der Waals surface area contributed by atoms with Gasteiger partial charge >= 0.3 is 0 Å². The molecule has 4 heteroatoms. The van der Waals surface area contributed by atoms with Crippen LogP contribution in [0.3, 0.4) is 0 Å². The molecule has 0 radical (unpaired) electrons. The van der Waals surface area contributed by atoms with Crippen LogP contribution < -0.4 is 5.32 Å². The first kappa shape index (κ1) is 16.4. The summed E-state index contributed by atoms with van der Waals surface area (Å²) in [7, 11) is 6.44. The molecule has 2 unspecified atom stereocenters. The van der Waals surface area contributed by atoms with E-state index in [1.165, 1.54) is 12.0 Å². The Bertz CT molecular complexity index is 463. The monoisotopic (exact) mass is 293 g/mol. The Labute approximate surface area is 128 Å². The molecule has 2 rings (SSSR count). The number of aryl methyl sites for hydroxylation is 1. The summed E-state index contributed by atoms with van der Waals surface area (Å²) in [6.45, 7) is 5.36. The van der Waals surface area contributed by atoms with E-state index in [0.717, 1.165) is 31.6 Å². The maximum Gasteiger partial charge on any atom is 0.123 e. The van der Waals surface area contributed by atoms with Gasteiger partial charge in [-0.05, 0) is 77.3 Å². The van der Waals surface area contributed by atoms with Crippen molar-refractivity contribution in [2.45, 2.75) is 31.8 Å². The minimum atomic E-state index is -0.149. The van der Waals surface area contributed by atoms with Crippen molar-refractivity contribution in [3.63, 3.8) is 0 Å². The van der Waals surface area contributed by atoms with Gasteiger partial charge in [0.05, 0.1) is 0 Å². The third-order valence-corrected chi connectivity index (χ3v) is 4.70. The Morgan fingerprint density at radius 1 is 1.33 bits per heavy atom. The number of halogens is 1. The van der Waals surface area contributed by atoms with Crippen molar-refractivity contribution in [2.24, 2.45) is 0 Å². The largest absolute Gasteiger partial charge is 0.315 e. The van der Waals surface area contributed by atoms with Gasteiger partial charge in [0.15, 0.2) is 0 Å². The fourth-order valence-corrected chi connectivity index (χ4v) is 3.30. The maximum absolute atomic E-state index is 13.3. The normalized spacial score (nSPS) is 23.0. The van der Waals surface area contributed by atoms with Gasteiger partial charge in [-0.2, -0.15) is 0 Å². The van der Waals surface area contributed by atoms with Crippen molar-refractivity contribution in [3.05, 3.63) is 35.1 Å². The first-order valence-electron chi connectivity index (χ1n) is 7.82. The number of benzene rings is 1. The van der Waals surface area contributed by atoms with Crippen LogP contribution in [0.1, 0.15) is 17.5 Å². The van der Waals surface area contributed by atoms with E-state index in [9.17, 15) is 4.39 Å². The lowest BCUT2D eigenvalue weighted by molar-refractivity contribution is 0.181. The summed E-state index contributed by atoms with van der Waals surface area (Å²) in [5.41, 5.74) is 2.27. The van der Waals surface area contributed by atoms with Crippen LogP contribution in [0.5, 0.6) is 0 Å². The molecule has 1 fully saturated rings. The van der Waals surface area contributed by atoms with E-state index < -0.39 is 0 Å². The molecule has 0 aromatic heterocycles. The first-order valence-corrected chi connectivity index (χ1v) is 7.82. The number of nitrogens with zero attached hydrogens (tertiary/aromatic N) is 2. The number of hydrogen-bond acceptors (Lipinski definition) is 3. The van der Waals surface area contributed by atoms with Gasteiger partial charge in [-0.25, -0.2) is 4.39 Å². The lowest BCUT2D eigenvalue weighted by atomic mass is 9.95. The van der Waals surface area contributed by atoms with E-state index in [2.05, 4.69) is 29.2 Å². The van der Waals surface area contributed by atoms with Crippen molar-refractivity contribution in [3.8, 4) is 0 Å². The predicted molar refractivity (Wildman–Crippen MR) is 86.2 cm³/mol. The Morgan fingerprint density at radius 3 is 2.76 bits per heavy atom. The van der Waals surface area contributed by atoms with Crippen LogP contribution in [0.2, 0.25) is 0 Å². The van der Waals surface area contributed by atoms with Gasteiger partial charge in [-0.3, -0.25) is 0 Å². The highest BCUT2D eigenvalue weighted by Crippen LogP contribution is 2.17. The quantitative estimate of drug-likeness (QED) is 0.915. The van der Waals surface area contributed by atoms with Crippen molar-refractivity contribution in [2.75, 3.05) is 40.8 Å². The summed E-state index contributed by atoms with van der Waals surface area (Å²) in [6.07, 6.45) is 2.15. The summed E-state index contributed by atoms with van der Waals surface area (Å²) >= 11 is 0. The van der Waals surface area contributed by atoms with Crippen LogP contribution in [-0.2, 0) is 6.42 Å². The lowest BCUT2D eigenvalue weighted by Crippen LogP contribution is -2.52. The second-order valence-electron chi connectivity index (χ2n) is 6.33. The van der Waals surface area contributed by atoms with Crippen molar-refractivity contribution in [1.82, 2.24) is 15.1 Å². The number of rotatable bonds is 4. The van der Waals surface area contributed by atoms with Crippen LogP contribution in [0, 0.1) is 12.7 Å². The van der Waals surface area contributed by atoms with E-state index >= 15 is 0 Å². The fourth-order valence-electron chi connectivity index (χ4n) is 3.30. The SMILES string of the molecule is CNC(Cc1ccc(F)cc1C)C1CN(C)CCCN1C. The zero-order valence-electron chi connectivity index (χ0n) is 13.7. The third kappa shape index (κ3) is 4.25. The predicted octanol–water partition coefficient (Wildman–Crippen LogP) is 1.90. The Balaban J connectivity index is 2.14. The second-order valence-corrected chi connectivity index (χ2v) is 6.33. The van der Waals surface area contributed by atoms with Gasteiger partial charge in [0.1, 0.15) is 5.82 Å². The summed E-state index contributed by atoms with van der Waals surface area (Å²) in [6, 6.07) is 5.98. The highest BCUT2D eigenvalue weighted by atomic mass is 19.1. The third-order valence-electron chi connectivity index (χ3n) is 4.70. The van der Waals surface area contributed by atoms with Gasteiger partial charge in [0, 0.05) is 18.6 Å². The highest BCUT2D eigenvalue weighted by molar-refractivity contribution is 5.27. The second kappa shape index (κ2) is 7.34. The first-order chi connectivity index (χ1) is 10.0. The molecule has 0 spiro atoms. The van der Waals surface area contributed by atoms with E-state index in [1.54, 1.807) is 12.1 Å². The molecule has 0 aliphatic carbocycles. The molecule has 118 valence electrons. The van der Waals surface area contributed by atoms with Crippen molar-refractivity contribution in [1.29, 1.82) is 0 Å². The summed E-state index contributed by atoms with van der Waals surface area (Å²) in [5, 5.41) is 3.48. The number of likely N-dealkylation sites (N-methyl/N-ethyl adjacent to an activating group) is 3. The summed E-state index contributed by atoms with van der Waals surface area (Å²) < 4.78 is 13.3. The van der Waals surface area contributed by atoms with Crippen LogP contribution in [0.25, 0.3) is 0 Å². The molecular weight excluding hydrogens is 265 g/mol. The molecule has 1 aromatic rings. The minimum absolute atomic E-state index is 0.149. The average Bonchev–Trinajstić information content (AvgIpc) is 2.60. The van der Waals surface area contributed by atoms with Crippen LogP contribution in [0.15, 0.2) is 18.2 Å². The average molecular weight is 293 g/mol. The molecule has 3 nitrogen and oxygen atoms in total. The molecule has 1 aliphatic rings. The molecule has 0 amide bonds. The van der Waals surface area contributed by atoms with Gasteiger partial charge in [0.2, 0.25) is 0 Å². The van der Waals surface area contributed by atoms with Crippen molar-refractivity contribution < 1.29 is 4.39 Å². The zero-order valence-corrected chi connectivity index (χ0v) is 13.7. The van der Waals surface area contributed by atoms with Gasteiger partial charge in [-0.1, -0.05) is 6.07 Å². The van der Waals surface area contributed by atoms with Crippen LogP contribution in [0.4, 0.5) is 4.39 Å². The van der Waals surface area contributed by atoms with E-state index in [1.807, 2.05) is 20.0 Å². The molecule has 2 atom stereocenters. The Kier molecular flexibility index (Phi) is 5.73. The minimum Gasteiger partial charge on any atom is -0.315 e. The highest BCUT2D eigenvalue weighted by Gasteiger charge is 2.27. The summed E-state index contributed by atoms with van der Waals surface area (Å²) in [4.78, 5) is 4.87. The van der Waals surface area contributed by atoms with E-state index in [4.69, 9.17) is 0 Å². The number of hydrogen-bond donors (Lipinski definition) is 1. The maximum atomic E-state index is 13.3. The molecular formula is C17H28FN3. The number of nitrogens with one attached hydrogen (secondary N) is 1. The smallest absolute Gasteiger partial charge is 0.123 e. The van der Waals surface area contributed by atoms with Crippen molar-refractivity contribution >= 4 is 0 Å². The zero-order chi connectivity index (χ0) is 15.4. The summed E-state index contributed by atoms with van der Waals surface area (Å²) in [5.74, 6) is -0.149. The molecule has 1 saturated heterocycles. The molecule has 0 bridgehead atoms. The van der Waals surface area contributed by atoms with E-state index in [-0.39, 0.29) is 5.82 Å². The topological polar surface area (TPSA) is 18.5 Å². The fraction of sp³-hybridized carbons (Fsp3) is 0.647. The molecule has 1 aliphatic heterocycles. The Morgan fingerprint density at radius 2 is 2.10 bits per heavy atom.